The van der Waals surface area contributed by atoms with Crippen molar-refractivity contribution in [3.8, 4) is 0 Å². The van der Waals surface area contributed by atoms with Gasteiger partial charge in [-0.3, -0.25) is 0 Å². The van der Waals surface area contributed by atoms with Crippen LogP contribution >= 0.6 is 43.2 Å². The monoisotopic (exact) mass is 352 g/mol. The molecule has 3 heteroatoms. The topological polar surface area (TPSA) is 0 Å². The van der Waals surface area contributed by atoms with Gasteiger partial charge in [0.2, 0.25) is 0 Å². The SMILES string of the molecule is CC(CC(Br)c1sccc1Br)C(C)(C)C. The third-order valence-electron chi connectivity index (χ3n) is 2.97. The van der Waals surface area contributed by atoms with E-state index in [1.165, 1.54) is 15.8 Å². The number of rotatable bonds is 3. The Hall–Kier alpha value is 0.660. The molecule has 0 aromatic carbocycles. The summed E-state index contributed by atoms with van der Waals surface area (Å²) < 4.78 is 1.23. The van der Waals surface area contributed by atoms with Gasteiger partial charge in [-0.25, -0.2) is 0 Å². The zero-order chi connectivity index (χ0) is 11.6. The molecule has 1 aromatic heterocycles. The Morgan fingerprint density at radius 3 is 2.40 bits per heavy atom. The van der Waals surface area contributed by atoms with E-state index in [2.05, 4.69) is 71.0 Å². The summed E-state index contributed by atoms with van der Waals surface area (Å²) in [5.74, 6) is 0.705. The minimum absolute atomic E-state index is 0.385. The molecule has 0 radical (unpaired) electrons. The van der Waals surface area contributed by atoms with Crippen molar-refractivity contribution in [2.24, 2.45) is 11.3 Å². The second kappa shape index (κ2) is 5.33. The van der Waals surface area contributed by atoms with Crippen LogP contribution in [0.4, 0.5) is 0 Å². The summed E-state index contributed by atoms with van der Waals surface area (Å²) in [6.45, 7) is 9.25. The fraction of sp³-hybridized carbons (Fsp3) is 0.667. The van der Waals surface area contributed by atoms with E-state index < -0.39 is 0 Å². The molecule has 2 atom stereocenters. The molecule has 0 aliphatic carbocycles. The van der Waals surface area contributed by atoms with Crippen molar-refractivity contribution in [2.75, 3.05) is 0 Å². The summed E-state index contributed by atoms with van der Waals surface area (Å²) in [5, 5.41) is 2.13. The fourth-order valence-electron chi connectivity index (χ4n) is 1.30. The first-order valence-corrected chi connectivity index (χ1v) is 7.78. The Balaban J connectivity index is 2.64. The lowest BCUT2D eigenvalue weighted by molar-refractivity contribution is 0.247. The van der Waals surface area contributed by atoms with Gasteiger partial charge in [0, 0.05) is 9.35 Å². The van der Waals surface area contributed by atoms with Gasteiger partial charge >= 0.3 is 0 Å². The van der Waals surface area contributed by atoms with Crippen LogP contribution in [0, 0.1) is 11.3 Å². The molecule has 0 amide bonds. The van der Waals surface area contributed by atoms with Crippen LogP contribution in [0.25, 0.3) is 0 Å². The van der Waals surface area contributed by atoms with Crippen LogP contribution in [-0.4, -0.2) is 0 Å². The molecule has 0 aliphatic heterocycles. The fourth-order valence-corrected chi connectivity index (χ4v) is 4.38. The lowest BCUT2D eigenvalue weighted by atomic mass is 9.79. The highest BCUT2D eigenvalue weighted by molar-refractivity contribution is 9.11. The first-order valence-electron chi connectivity index (χ1n) is 5.19. The van der Waals surface area contributed by atoms with Gasteiger partial charge in [0.1, 0.15) is 0 Å². The summed E-state index contributed by atoms with van der Waals surface area (Å²) >= 11 is 9.19. The largest absolute Gasteiger partial charge is 0.147 e. The van der Waals surface area contributed by atoms with E-state index in [9.17, 15) is 0 Å². The third kappa shape index (κ3) is 3.86. The van der Waals surface area contributed by atoms with Crippen molar-refractivity contribution in [1.82, 2.24) is 0 Å². The molecule has 2 unspecified atom stereocenters. The van der Waals surface area contributed by atoms with Crippen molar-refractivity contribution >= 4 is 43.2 Å². The summed E-state index contributed by atoms with van der Waals surface area (Å²) in [7, 11) is 0. The highest BCUT2D eigenvalue weighted by Crippen LogP contribution is 2.41. The van der Waals surface area contributed by atoms with Crippen molar-refractivity contribution in [1.29, 1.82) is 0 Å². The predicted octanol–water partition coefficient (Wildman–Crippen LogP) is 6.02. The second-order valence-electron chi connectivity index (χ2n) is 5.10. The normalized spacial score (nSPS) is 16.4. The van der Waals surface area contributed by atoms with Gasteiger partial charge in [0.05, 0.1) is 4.83 Å². The van der Waals surface area contributed by atoms with Crippen LogP contribution in [0.3, 0.4) is 0 Å². The molecule has 1 rings (SSSR count). The molecule has 0 N–H and O–H groups in total. The Bertz CT molecular complexity index is 312. The van der Waals surface area contributed by atoms with Crippen LogP contribution in [0.5, 0.6) is 0 Å². The Morgan fingerprint density at radius 2 is 2.00 bits per heavy atom. The van der Waals surface area contributed by atoms with E-state index in [4.69, 9.17) is 0 Å². The average Bonchev–Trinajstić information content (AvgIpc) is 2.49. The number of thiophene rings is 1. The van der Waals surface area contributed by atoms with Crippen molar-refractivity contribution in [2.45, 2.75) is 38.9 Å². The van der Waals surface area contributed by atoms with Gasteiger partial charge in [-0.05, 0) is 45.1 Å². The second-order valence-corrected chi connectivity index (χ2v) is 8.01. The van der Waals surface area contributed by atoms with Crippen LogP contribution in [0.15, 0.2) is 15.9 Å². The molecule has 0 spiro atoms. The molecule has 1 aromatic rings. The summed E-state index contributed by atoms with van der Waals surface area (Å²) in [6, 6.07) is 2.12. The highest BCUT2D eigenvalue weighted by Gasteiger charge is 2.24. The number of alkyl halides is 1. The zero-order valence-electron chi connectivity index (χ0n) is 9.68. The number of hydrogen-bond donors (Lipinski definition) is 0. The molecule has 0 saturated heterocycles. The summed E-state index contributed by atoms with van der Waals surface area (Å²) in [6.07, 6.45) is 1.18. The number of halogens is 2. The molecular weight excluding hydrogens is 336 g/mol. The maximum atomic E-state index is 3.79. The van der Waals surface area contributed by atoms with Crippen LogP contribution in [-0.2, 0) is 0 Å². The smallest absolute Gasteiger partial charge is 0.0503 e. The van der Waals surface area contributed by atoms with E-state index in [0.29, 0.717) is 16.2 Å². The maximum absolute atomic E-state index is 3.79. The quantitative estimate of drug-likeness (QED) is 0.583. The van der Waals surface area contributed by atoms with Gasteiger partial charge in [0.15, 0.2) is 0 Å². The minimum atomic E-state index is 0.385. The first-order chi connectivity index (χ1) is 6.82. The van der Waals surface area contributed by atoms with E-state index in [1.54, 1.807) is 0 Å². The van der Waals surface area contributed by atoms with Gasteiger partial charge in [-0.1, -0.05) is 43.6 Å². The van der Waals surface area contributed by atoms with E-state index >= 15 is 0 Å². The minimum Gasteiger partial charge on any atom is -0.147 e. The van der Waals surface area contributed by atoms with E-state index in [0.717, 1.165) is 0 Å². The molecule has 0 fully saturated rings. The standard InChI is InChI=1S/C12H18Br2S/c1-8(12(2,3)4)7-10(14)11-9(13)5-6-15-11/h5-6,8,10H,7H2,1-4H3. The Morgan fingerprint density at radius 1 is 1.40 bits per heavy atom. The molecule has 1 heterocycles. The van der Waals surface area contributed by atoms with Gasteiger partial charge in [-0.15, -0.1) is 11.3 Å². The highest BCUT2D eigenvalue weighted by atomic mass is 79.9. The molecule has 0 aliphatic rings. The molecule has 0 saturated carbocycles. The number of hydrogen-bond acceptors (Lipinski definition) is 1. The van der Waals surface area contributed by atoms with Gasteiger partial charge in [-0.2, -0.15) is 0 Å². The van der Waals surface area contributed by atoms with Crippen LogP contribution < -0.4 is 0 Å². The van der Waals surface area contributed by atoms with Crippen molar-refractivity contribution < 1.29 is 0 Å². The Kier molecular flexibility index (Phi) is 4.87. The average molecular weight is 354 g/mol. The van der Waals surface area contributed by atoms with Crippen LogP contribution in [0.2, 0.25) is 0 Å². The summed E-state index contributed by atoms with van der Waals surface area (Å²) in [4.78, 5) is 1.88. The lowest BCUT2D eigenvalue weighted by Crippen LogP contribution is -2.18. The van der Waals surface area contributed by atoms with E-state index in [-0.39, 0.29) is 0 Å². The first kappa shape index (κ1) is 13.7. The van der Waals surface area contributed by atoms with Gasteiger partial charge in [0.25, 0.3) is 0 Å². The van der Waals surface area contributed by atoms with Crippen molar-refractivity contribution in [3.63, 3.8) is 0 Å². The van der Waals surface area contributed by atoms with Crippen LogP contribution in [0.1, 0.15) is 43.8 Å². The molecular formula is C12H18Br2S. The van der Waals surface area contributed by atoms with E-state index in [1.807, 2.05) is 11.3 Å². The molecule has 15 heavy (non-hydrogen) atoms. The predicted molar refractivity (Wildman–Crippen MR) is 76.9 cm³/mol. The lowest BCUT2D eigenvalue weighted by Gasteiger charge is -2.28. The van der Waals surface area contributed by atoms with Crippen molar-refractivity contribution in [3.05, 3.63) is 20.8 Å². The third-order valence-corrected chi connectivity index (χ3v) is 6.09. The maximum Gasteiger partial charge on any atom is 0.0503 e. The zero-order valence-corrected chi connectivity index (χ0v) is 13.7. The molecule has 86 valence electrons. The van der Waals surface area contributed by atoms with Gasteiger partial charge < -0.3 is 0 Å². The summed E-state index contributed by atoms with van der Waals surface area (Å²) in [5.41, 5.74) is 0.385. The molecule has 0 bridgehead atoms. The molecule has 0 nitrogen and oxygen atoms in total. The Labute approximate surface area is 114 Å².